The molecule has 50 heavy (non-hydrogen) atoms. The largest absolute Gasteiger partial charge is 0.394 e. The van der Waals surface area contributed by atoms with E-state index in [4.69, 9.17) is 11.5 Å². The van der Waals surface area contributed by atoms with Crippen LogP contribution >= 0.6 is 11.8 Å². The highest BCUT2D eigenvalue weighted by Gasteiger charge is 2.28. The lowest BCUT2D eigenvalue weighted by Crippen LogP contribution is -2.55. The van der Waals surface area contributed by atoms with Crippen molar-refractivity contribution in [1.29, 1.82) is 0 Å². The first-order valence-electron chi connectivity index (χ1n) is 16.1. The number of primary amides is 1. The van der Waals surface area contributed by atoms with E-state index in [1.807, 2.05) is 13.8 Å². The molecular weight excluding hydrogens is 666 g/mol. The van der Waals surface area contributed by atoms with Crippen molar-refractivity contribution in [2.24, 2.45) is 17.4 Å². The molecule has 0 unspecified atom stereocenters. The second-order valence-electron chi connectivity index (χ2n) is 11.9. The highest BCUT2D eigenvalue weighted by atomic mass is 32.2. The third-order valence-corrected chi connectivity index (χ3v) is 8.13. The van der Waals surface area contributed by atoms with Gasteiger partial charge in [0, 0.05) is 25.0 Å². The molecule has 0 aliphatic rings. The Morgan fingerprint density at radius 3 is 1.74 bits per heavy atom. The molecule has 0 aromatic heterocycles. The van der Waals surface area contributed by atoms with Gasteiger partial charge in [-0.15, -0.1) is 0 Å². The number of rotatable bonds is 21. The summed E-state index contributed by atoms with van der Waals surface area (Å²) in [5.74, 6) is -3.80. The van der Waals surface area contributed by atoms with Crippen molar-refractivity contribution < 1.29 is 38.7 Å². The molecule has 0 aliphatic carbocycles. The van der Waals surface area contributed by atoms with Crippen molar-refractivity contribution in [3.05, 3.63) is 71.8 Å². The molecule has 0 saturated carbocycles. The van der Waals surface area contributed by atoms with Gasteiger partial charge in [0.05, 0.1) is 25.7 Å². The lowest BCUT2D eigenvalue weighted by molar-refractivity contribution is -0.132. The van der Waals surface area contributed by atoms with Crippen LogP contribution in [0, 0.1) is 5.92 Å². The van der Waals surface area contributed by atoms with Crippen molar-refractivity contribution in [2.75, 3.05) is 25.4 Å². The summed E-state index contributed by atoms with van der Waals surface area (Å²) in [5, 5.41) is 21.5. The molecule has 0 saturated heterocycles. The minimum atomic E-state index is -1.25. The van der Waals surface area contributed by atoms with E-state index >= 15 is 0 Å². The van der Waals surface area contributed by atoms with Gasteiger partial charge in [0.1, 0.15) is 18.1 Å². The number of amides is 6. The molecule has 0 heterocycles. The SMILES string of the molecule is CC(C)C[C@H](NC(=O)[C@H](Cc1ccccc1)NC(=O)CNC(=O)CNC(=O)[C@H](Cc1ccccc1)NC(=O)[C@@H](N)CO)C(=O)SCCC(N)=O. The molecule has 16 heteroatoms. The number of benzene rings is 2. The van der Waals surface area contributed by atoms with Gasteiger partial charge in [-0.3, -0.25) is 33.6 Å². The first-order valence-corrected chi connectivity index (χ1v) is 17.1. The van der Waals surface area contributed by atoms with Crippen LogP contribution in [0.25, 0.3) is 0 Å². The highest BCUT2D eigenvalue weighted by Crippen LogP contribution is 2.15. The molecule has 10 N–H and O–H groups in total. The van der Waals surface area contributed by atoms with Crippen LogP contribution in [0.2, 0.25) is 0 Å². The fourth-order valence-electron chi connectivity index (χ4n) is 4.57. The van der Waals surface area contributed by atoms with Gasteiger partial charge in [-0.2, -0.15) is 0 Å². The van der Waals surface area contributed by atoms with E-state index in [0.717, 1.165) is 22.9 Å². The summed E-state index contributed by atoms with van der Waals surface area (Å²) in [6.45, 7) is 2.10. The zero-order valence-corrected chi connectivity index (χ0v) is 29.0. The number of carbonyl (C=O) groups excluding carboxylic acids is 7. The van der Waals surface area contributed by atoms with Crippen LogP contribution in [-0.4, -0.2) is 95.3 Å². The lowest BCUT2D eigenvalue weighted by atomic mass is 10.0. The van der Waals surface area contributed by atoms with Crippen LogP contribution in [0.5, 0.6) is 0 Å². The molecule has 0 aliphatic heterocycles. The summed E-state index contributed by atoms with van der Waals surface area (Å²) in [6.07, 6.45) is 0.506. The Morgan fingerprint density at radius 2 is 1.22 bits per heavy atom. The Kier molecular flexibility index (Phi) is 18.2. The smallest absolute Gasteiger partial charge is 0.243 e. The number of aliphatic hydroxyl groups excluding tert-OH is 1. The highest BCUT2D eigenvalue weighted by molar-refractivity contribution is 8.13. The number of nitrogens with two attached hydrogens (primary N) is 2. The summed E-state index contributed by atoms with van der Waals surface area (Å²) in [5.41, 5.74) is 12.2. The quantitative estimate of drug-likeness (QED) is 0.0756. The van der Waals surface area contributed by atoms with Crippen LogP contribution in [-0.2, 0) is 46.4 Å². The summed E-state index contributed by atoms with van der Waals surface area (Å²) in [6, 6.07) is 13.4. The topological polar surface area (TPSA) is 252 Å². The fraction of sp³-hybridized carbons (Fsp3) is 0.441. The van der Waals surface area contributed by atoms with Crippen LogP contribution in [0.4, 0.5) is 0 Å². The number of carbonyl (C=O) groups is 7. The van der Waals surface area contributed by atoms with Gasteiger partial charge in [0.2, 0.25) is 40.6 Å². The van der Waals surface area contributed by atoms with Gasteiger partial charge >= 0.3 is 0 Å². The maximum atomic E-state index is 13.5. The van der Waals surface area contributed by atoms with E-state index in [-0.39, 0.29) is 36.0 Å². The second kappa shape index (κ2) is 22.0. The van der Waals surface area contributed by atoms with Crippen molar-refractivity contribution in [3.63, 3.8) is 0 Å². The van der Waals surface area contributed by atoms with E-state index in [0.29, 0.717) is 6.42 Å². The van der Waals surface area contributed by atoms with Crippen LogP contribution < -0.4 is 38.1 Å². The number of aliphatic hydroxyl groups is 1. The standard InChI is InChI=1S/C34H47N7O8S/c1-21(2)15-27(34(49)50-14-13-28(36)43)41-33(48)26(17-23-11-7-4-8-12-23)39-30(45)19-37-29(44)18-38-32(47)25(40-31(46)24(35)20-42)16-22-9-5-3-6-10-22/h3-12,21,24-27,42H,13-20,35H2,1-2H3,(H2,36,43)(H,37,44)(H,38,47)(H,39,45)(H,40,46)(H,41,48)/t24-,25-,26-,27-/m0/s1. The van der Waals surface area contributed by atoms with Crippen molar-refractivity contribution in [2.45, 2.75) is 63.7 Å². The monoisotopic (exact) mass is 713 g/mol. The number of hydrogen-bond acceptors (Lipinski definition) is 10. The molecule has 2 aromatic rings. The van der Waals surface area contributed by atoms with E-state index in [9.17, 15) is 38.7 Å². The molecule has 6 amide bonds. The van der Waals surface area contributed by atoms with E-state index in [1.54, 1.807) is 60.7 Å². The van der Waals surface area contributed by atoms with Crippen molar-refractivity contribution in [3.8, 4) is 0 Å². The predicted octanol–water partition coefficient (Wildman–Crippen LogP) is -1.34. The average molecular weight is 714 g/mol. The zero-order valence-electron chi connectivity index (χ0n) is 28.2. The van der Waals surface area contributed by atoms with E-state index in [1.165, 1.54) is 0 Å². The van der Waals surface area contributed by atoms with Crippen LogP contribution in [0.3, 0.4) is 0 Å². The number of thioether (sulfide) groups is 1. The van der Waals surface area contributed by atoms with E-state index in [2.05, 4.69) is 26.6 Å². The Bertz CT molecular complexity index is 1450. The molecular formula is C34H47N7O8S. The summed E-state index contributed by atoms with van der Waals surface area (Å²) in [4.78, 5) is 88.2. The normalized spacial score (nSPS) is 13.2. The molecule has 272 valence electrons. The molecule has 15 nitrogen and oxygen atoms in total. The Labute approximate surface area is 295 Å². The summed E-state index contributed by atoms with van der Waals surface area (Å²) >= 11 is 0.896. The Balaban J connectivity index is 2.02. The van der Waals surface area contributed by atoms with Crippen molar-refractivity contribution >= 4 is 52.3 Å². The first-order chi connectivity index (χ1) is 23.8. The second-order valence-corrected chi connectivity index (χ2v) is 13.0. The Morgan fingerprint density at radius 1 is 0.700 bits per heavy atom. The van der Waals surface area contributed by atoms with Gasteiger partial charge in [-0.1, -0.05) is 86.3 Å². The third-order valence-electron chi connectivity index (χ3n) is 7.15. The van der Waals surface area contributed by atoms with Crippen LogP contribution in [0.1, 0.15) is 37.8 Å². The average Bonchev–Trinajstić information content (AvgIpc) is 3.08. The molecule has 2 aromatic carbocycles. The minimum absolute atomic E-state index is 0.00497. The lowest BCUT2D eigenvalue weighted by Gasteiger charge is -2.24. The third kappa shape index (κ3) is 16.1. The molecule has 0 radical (unpaired) electrons. The fourth-order valence-corrected chi connectivity index (χ4v) is 5.43. The van der Waals surface area contributed by atoms with E-state index < -0.39 is 79.3 Å². The number of nitrogens with one attached hydrogen (secondary N) is 5. The molecule has 0 fully saturated rings. The Hall–Kier alpha value is -4.80. The zero-order chi connectivity index (χ0) is 37.1. The van der Waals surface area contributed by atoms with Gasteiger partial charge in [-0.05, 0) is 23.5 Å². The molecule has 2 rings (SSSR count). The molecule has 0 spiro atoms. The minimum Gasteiger partial charge on any atom is -0.394 e. The van der Waals surface area contributed by atoms with Gasteiger partial charge in [-0.25, -0.2) is 0 Å². The van der Waals surface area contributed by atoms with Gasteiger partial charge < -0.3 is 43.2 Å². The first kappa shape index (κ1) is 41.4. The van der Waals surface area contributed by atoms with Crippen molar-refractivity contribution in [1.82, 2.24) is 26.6 Å². The maximum absolute atomic E-state index is 13.5. The summed E-state index contributed by atoms with van der Waals surface area (Å²) in [7, 11) is 0. The van der Waals surface area contributed by atoms with Gasteiger partial charge in [0.15, 0.2) is 0 Å². The number of hydrogen-bond donors (Lipinski definition) is 8. The maximum Gasteiger partial charge on any atom is 0.243 e. The summed E-state index contributed by atoms with van der Waals surface area (Å²) < 4.78 is 0. The molecule has 0 bridgehead atoms. The van der Waals surface area contributed by atoms with Crippen LogP contribution in [0.15, 0.2) is 60.7 Å². The molecule has 4 atom stereocenters. The predicted molar refractivity (Wildman–Crippen MR) is 188 cm³/mol. The van der Waals surface area contributed by atoms with Gasteiger partial charge in [0.25, 0.3) is 0 Å².